The second kappa shape index (κ2) is 7.09. The predicted molar refractivity (Wildman–Crippen MR) is 77.7 cm³/mol. The van der Waals surface area contributed by atoms with E-state index < -0.39 is 6.10 Å². The van der Waals surface area contributed by atoms with Crippen LogP contribution >= 0.6 is 0 Å². The number of hydrogen-bond donors (Lipinski definition) is 1. The standard InChI is InChI=1S/C16H20N2O3/c1-12(21-15-8-3-2-5-13(15)11-17)16(20)18(9-10-19)14-6-4-7-14/h2-3,5,8,12,14,19H,4,6-7,9-10H2,1H3. The summed E-state index contributed by atoms with van der Waals surface area (Å²) in [7, 11) is 0. The largest absolute Gasteiger partial charge is 0.480 e. The molecule has 1 aromatic rings. The average Bonchev–Trinajstić information content (AvgIpc) is 2.44. The minimum atomic E-state index is -0.674. The van der Waals surface area contributed by atoms with Crippen LogP contribution in [0.15, 0.2) is 24.3 Å². The maximum atomic E-state index is 12.5. The van der Waals surface area contributed by atoms with Gasteiger partial charge in [-0.15, -0.1) is 0 Å². The molecule has 1 saturated carbocycles. The van der Waals surface area contributed by atoms with Crippen molar-refractivity contribution < 1.29 is 14.6 Å². The van der Waals surface area contributed by atoms with Gasteiger partial charge in [0.1, 0.15) is 11.8 Å². The highest BCUT2D eigenvalue weighted by Crippen LogP contribution is 2.26. The van der Waals surface area contributed by atoms with Crippen LogP contribution in [0.5, 0.6) is 5.75 Å². The van der Waals surface area contributed by atoms with Crippen molar-refractivity contribution in [1.29, 1.82) is 5.26 Å². The number of carbonyl (C=O) groups is 1. The van der Waals surface area contributed by atoms with E-state index in [1.54, 1.807) is 36.1 Å². The van der Waals surface area contributed by atoms with Crippen molar-refractivity contribution >= 4 is 5.91 Å². The van der Waals surface area contributed by atoms with Crippen LogP contribution < -0.4 is 4.74 Å². The number of amides is 1. The number of nitriles is 1. The molecule has 0 bridgehead atoms. The number of benzene rings is 1. The first-order chi connectivity index (χ1) is 10.2. The average molecular weight is 288 g/mol. The number of ether oxygens (including phenoxy) is 1. The van der Waals surface area contributed by atoms with Crippen molar-refractivity contribution in [1.82, 2.24) is 4.90 Å². The highest BCUT2D eigenvalue weighted by molar-refractivity contribution is 5.81. The van der Waals surface area contributed by atoms with Crippen LogP contribution in [0.2, 0.25) is 0 Å². The molecule has 1 fully saturated rings. The van der Waals surface area contributed by atoms with E-state index in [2.05, 4.69) is 0 Å². The van der Waals surface area contributed by atoms with Crippen LogP contribution in [0.3, 0.4) is 0 Å². The summed E-state index contributed by atoms with van der Waals surface area (Å²) in [5.74, 6) is 0.278. The lowest BCUT2D eigenvalue weighted by molar-refractivity contribution is -0.142. The Hall–Kier alpha value is -2.06. The second-order valence-electron chi connectivity index (χ2n) is 5.21. The Kier molecular flexibility index (Phi) is 5.18. The number of aliphatic hydroxyl groups excluding tert-OH is 1. The van der Waals surface area contributed by atoms with Gasteiger partial charge in [0.15, 0.2) is 6.10 Å². The van der Waals surface area contributed by atoms with Gasteiger partial charge in [-0.1, -0.05) is 12.1 Å². The highest BCUT2D eigenvalue weighted by atomic mass is 16.5. The molecule has 0 heterocycles. The summed E-state index contributed by atoms with van der Waals surface area (Å²) in [5.41, 5.74) is 0.412. The monoisotopic (exact) mass is 288 g/mol. The van der Waals surface area contributed by atoms with Gasteiger partial charge in [-0.2, -0.15) is 5.26 Å². The van der Waals surface area contributed by atoms with Gasteiger partial charge in [-0.05, 0) is 38.3 Å². The summed E-state index contributed by atoms with van der Waals surface area (Å²) in [5, 5.41) is 18.2. The Labute approximate surface area is 124 Å². The molecule has 0 spiro atoms. The number of carbonyl (C=O) groups excluding carboxylic acids is 1. The number of hydrogen-bond acceptors (Lipinski definition) is 4. The van der Waals surface area contributed by atoms with E-state index in [1.807, 2.05) is 6.07 Å². The third kappa shape index (κ3) is 3.53. The van der Waals surface area contributed by atoms with Crippen LogP contribution in [0, 0.1) is 11.3 Å². The lowest BCUT2D eigenvalue weighted by Crippen LogP contribution is -2.50. The Morgan fingerprint density at radius 1 is 1.52 bits per heavy atom. The molecule has 1 aliphatic carbocycles. The van der Waals surface area contributed by atoms with Crippen molar-refractivity contribution in [3.63, 3.8) is 0 Å². The van der Waals surface area contributed by atoms with Crippen molar-refractivity contribution in [3.05, 3.63) is 29.8 Å². The Morgan fingerprint density at radius 3 is 2.81 bits per heavy atom. The molecule has 0 aliphatic heterocycles. The summed E-state index contributed by atoms with van der Waals surface area (Å²) in [6, 6.07) is 9.12. The molecule has 1 N–H and O–H groups in total. The second-order valence-corrected chi connectivity index (χ2v) is 5.21. The van der Waals surface area contributed by atoms with Crippen LogP contribution in [0.1, 0.15) is 31.7 Å². The molecule has 1 unspecified atom stereocenters. The van der Waals surface area contributed by atoms with Crippen LogP contribution in [-0.4, -0.2) is 41.2 Å². The molecule has 1 aliphatic rings. The zero-order valence-electron chi connectivity index (χ0n) is 12.2. The van der Waals surface area contributed by atoms with Crippen LogP contribution in [0.25, 0.3) is 0 Å². The van der Waals surface area contributed by atoms with E-state index in [1.165, 1.54) is 0 Å². The first kappa shape index (κ1) is 15.3. The minimum Gasteiger partial charge on any atom is -0.480 e. The zero-order chi connectivity index (χ0) is 15.2. The lowest BCUT2D eigenvalue weighted by atomic mass is 9.91. The van der Waals surface area contributed by atoms with Crippen molar-refractivity contribution in [3.8, 4) is 11.8 Å². The topological polar surface area (TPSA) is 73.6 Å². The molecule has 5 nitrogen and oxygen atoms in total. The normalized spacial score (nSPS) is 15.7. The third-order valence-electron chi connectivity index (χ3n) is 3.80. The van der Waals surface area contributed by atoms with Gasteiger partial charge in [-0.3, -0.25) is 4.79 Å². The number of para-hydroxylation sites is 1. The van der Waals surface area contributed by atoms with Crippen molar-refractivity contribution in [2.24, 2.45) is 0 Å². The zero-order valence-corrected chi connectivity index (χ0v) is 12.2. The third-order valence-corrected chi connectivity index (χ3v) is 3.80. The molecule has 112 valence electrons. The van der Waals surface area contributed by atoms with Crippen molar-refractivity contribution in [2.45, 2.75) is 38.3 Å². The number of nitrogens with zero attached hydrogens (tertiary/aromatic N) is 2. The summed E-state index contributed by atoms with van der Waals surface area (Å²) < 4.78 is 5.65. The fraction of sp³-hybridized carbons (Fsp3) is 0.500. The molecular formula is C16H20N2O3. The van der Waals surface area contributed by atoms with E-state index in [-0.39, 0.29) is 18.6 Å². The van der Waals surface area contributed by atoms with Crippen LogP contribution in [-0.2, 0) is 4.79 Å². The molecule has 0 saturated heterocycles. The summed E-state index contributed by atoms with van der Waals surface area (Å²) >= 11 is 0. The van der Waals surface area contributed by atoms with Gasteiger partial charge >= 0.3 is 0 Å². The van der Waals surface area contributed by atoms with Gasteiger partial charge in [0, 0.05) is 12.6 Å². The summed E-state index contributed by atoms with van der Waals surface area (Å²) in [6.07, 6.45) is 2.40. The Morgan fingerprint density at radius 2 is 2.24 bits per heavy atom. The molecule has 5 heteroatoms. The smallest absolute Gasteiger partial charge is 0.263 e. The van der Waals surface area contributed by atoms with Crippen molar-refractivity contribution in [2.75, 3.05) is 13.2 Å². The fourth-order valence-electron chi connectivity index (χ4n) is 2.41. The first-order valence-corrected chi connectivity index (χ1v) is 7.24. The van der Waals surface area contributed by atoms with Crippen LogP contribution in [0.4, 0.5) is 0 Å². The van der Waals surface area contributed by atoms with E-state index in [0.29, 0.717) is 17.9 Å². The van der Waals surface area contributed by atoms with Gasteiger partial charge in [-0.25, -0.2) is 0 Å². The molecule has 0 aromatic heterocycles. The Bertz CT molecular complexity index is 535. The van der Waals surface area contributed by atoms with E-state index in [9.17, 15) is 4.79 Å². The SMILES string of the molecule is CC(Oc1ccccc1C#N)C(=O)N(CCO)C1CCC1. The molecule has 21 heavy (non-hydrogen) atoms. The van der Waals surface area contributed by atoms with Gasteiger partial charge in [0.25, 0.3) is 5.91 Å². The maximum Gasteiger partial charge on any atom is 0.263 e. The summed E-state index contributed by atoms with van der Waals surface area (Å²) in [6.45, 7) is 1.96. The number of aliphatic hydroxyl groups is 1. The van der Waals surface area contributed by atoms with E-state index in [0.717, 1.165) is 19.3 Å². The molecule has 0 radical (unpaired) electrons. The predicted octanol–water partition coefficient (Wildman–Crippen LogP) is 1.70. The Balaban J connectivity index is 2.05. The fourth-order valence-corrected chi connectivity index (χ4v) is 2.41. The van der Waals surface area contributed by atoms with Gasteiger partial charge < -0.3 is 14.7 Å². The summed E-state index contributed by atoms with van der Waals surface area (Å²) in [4.78, 5) is 14.2. The minimum absolute atomic E-state index is 0.0518. The lowest BCUT2D eigenvalue weighted by Gasteiger charge is -2.38. The molecule has 1 aromatic carbocycles. The molecule has 1 atom stereocenters. The number of rotatable bonds is 6. The highest BCUT2D eigenvalue weighted by Gasteiger charge is 2.31. The molecular weight excluding hydrogens is 268 g/mol. The quantitative estimate of drug-likeness (QED) is 0.864. The van der Waals surface area contributed by atoms with Gasteiger partial charge in [0.2, 0.25) is 0 Å². The maximum absolute atomic E-state index is 12.5. The molecule has 2 rings (SSSR count). The first-order valence-electron chi connectivity index (χ1n) is 7.24. The van der Waals surface area contributed by atoms with E-state index in [4.69, 9.17) is 15.1 Å². The molecule has 1 amide bonds. The van der Waals surface area contributed by atoms with Gasteiger partial charge in [0.05, 0.1) is 12.2 Å². The van der Waals surface area contributed by atoms with E-state index >= 15 is 0 Å².